The zero-order valence-corrected chi connectivity index (χ0v) is 33.6. The third kappa shape index (κ3) is 21.7. The predicted molar refractivity (Wildman–Crippen MR) is 215 cm³/mol. The number of anilines is 2. The molecule has 0 radical (unpaired) electrons. The molecule has 0 fully saturated rings. The SMILES string of the molecule is CCNCC.CNCc1ccc(NC(=O)[C@H](C)CC(=O)C(N)C(C)C)cc1.CNCc1ccc(NC(=O)[C@H](C)CC(=O)C(NC)C(C)C)cc1.[2H]CF. The molecule has 4 atom stereocenters. The van der Waals surface area contributed by atoms with Crippen LogP contribution in [0.15, 0.2) is 48.5 Å². The molecule has 0 aliphatic heterocycles. The molecule has 11 nitrogen and oxygen atoms in total. The minimum Gasteiger partial charge on any atom is -0.326 e. The Balaban J connectivity index is 0. The third-order valence-electron chi connectivity index (χ3n) is 8.03. The predicted octanol–water partition coefficient (Wildman–Crippen LogP) is 5.31. The zero-order valence-electron chi connectivity index (χ0n) is 34.6. The molecule has 2 unspecified atom stereocenters. The second-order valence-electron chi connectivity index (χ2n) is 13.3. The normalized spacial score (nSPS) is 13.0. The first kappa shape index (κ1) is 48.5. The number of benzene rings is 2. The molecule has 2 amide bonds. The van der Waals surface area contributed by atoms with E-state index >= 15 is 0 Å². The van der Waals surface area contributed by atoms with E-state index in [4.69, 9.17) is 7.10 Å². The Morgan fingerprint density at radius 2 is 1.04 bits per heavy atom. The van der Waals surface area contributed by atoms with Crippen LogP contribution in [-0.2, 0) is 32.3 Å². The van der Waals surface area contributed by atoms with Crippen LogP contribution in [-0.4, -0.2) is 76.9 Å². The summed E-state index contributed by atoms with van der Waals surface area (Å²) in [5.41, 5.74) is 9.61. The van der Waals surface area contributed by atoms with Gasteiger partial charge in [0.1, 0.15) is 0 Å². The fraction of sp³-hybridized carbons (Fsp3) is 0.600. The molecule has 0 aliphatic carbocycles. The Bertz CT molecular complexity index is 1280. The molecule has 0 spiro atoms. The van der Waals surface area contributed by atoms with E-state index in [0.717, 1.165) is 48.7 Å². The molecule has 0 heterocycles. The number of hydrogen-bond donors (Lipinski definition) is 7. The summed E-state index contributed by atoms with van der Waals surface area (Å²) in [4.78, 5) is 48.6. The average molecular weight is 733 g/mol. The number of alkyl halides is 1. The lowest BCUT2D eigenvalue weighted by Gasteiger charge is -2.20. The summed E-state index contributed by atoms with van der Waals surface area (Å²) in [7, 11) is 4.56. The maximum Gasteiger partial charge on any atom is 0.227 e. The van der Waals surface area contributed by atoms with Crippen molar-refractivity contribution in [1.29, 1.82) is 0 Å². The zero-order chi connectivity index (χ0) is 40.9. The number of carbonyl (C=O) groups is 4. The van der Waals surface area contributed by atoms with Crippen molar-refractivity contribution in [2.75, 3.05) is 52.0 Å². The Morgan fingerprint density at radius 3 is 1.31 bits per heavy atom. The molecular formula is C40H70FN7O4. The summed E-state index contributed by atoms with van der Waals surface area (Å²) in [6.45, 7) is 19.3. The number of hydrogen-bond acceptors (Lipinski definition) is 9. The maximum atomic E-state index is 12.3. The summed E-state index contributed by atoms with van der Waals surface area (Å²) in [5.74, 6) is -0.728. The fourth-order valence-corrected chi connectivity index (χ4v) is 4.89. The van der Waals surface area contributed by atoms with E-state index in [2.05, 4.69) is 45.7 Å². The number of rotatable bonds is 19. The number of nitrogens with two attached hydrogens (primary N) is 1. The second-order valence-corrected chi connectivity index (χ2v) is 13.3. The first-order valence-corrected chi connectivity index (χ1v) is 18.2. The van der Waals surface area contributed by atoms with Crippen LogP contribution in [0, 0.1) is 23.7 Å². The van der Waals surface area contributed by atoms with E-state index in [0.29, 0.717) is 0 Å². The summed E-state index contributed by atoms with van der Waals surface area (Å²) in [6.07, 6.45) is 0.413. The van der Waals surface area contributed by atoms with Gasteiger partial charge in [0.05, 0.1) is 20.6 Å². The Hall–Kier alpha value is -3.55. The maximum absolute atomic E-state index is 12.3. The summed E-state index contributed by atoms with van der Waals surface area (Å²) < 4.78 is 15.5. The van der Waals surface area contributed by atoms with Crippen molar-refractivity contribution in [2.45, 2.75) is 93.4 Å². The molecule has 12 heteroatoms. The van der Waals surface area contributed by atoms with Crippen LogP contribution in [0.2, 0.25) is 0 Å². The highest BCUT2D eigenvalue weighted by Gasteiger charge is 2.25. The fourth-order valence-electron chi connectivity index (χ4n) is 4.89. The van der Waals surface area contributed by atoms with Crippen molar-refractivity contribution >= 4 is 34.8 Å². The third-order valence-corrected chi connectivity index (χ3v) is 8.03. The highest BCUT2D eigenvalue weighted by molar-refractivity contribution is 5.97. The van der Waals surface area contributed by atoms with Crippen molar-refractivity contribution in [3.05, 3.63) is 59.7 Å². The molecule has 0 aromatic heterocycles. The number of nitrogens with one attached hydrogen (secondary N) is 6. The molecular weight excluding hydrogens is 661 g/mol. The van der Waals surface area contributed by atoms with E-state index < -0.39 is 19.1 Å². The van der Waals surface area contributed by atoms with Crippen LogP contribution in [0.3, 0.4) is 0 Å². The number of Topliss-reactive ketones (excluding diaryl/α,β-unsaturated/α-hetero) is 2. The van der Waals surface area contributed by atoms with Gasteiger partial charge in [0.2, 0.25) is 11.8 Å². The molecule has 0 bridgehead atoms. The van der Waals surface area contributed by atoms with E-state index in [9.17, 15) is 23.6 Å². The summed E-state index contributed by atoms with van der Waals surface area (Å²) >= 11 is 0. The van der Waals surface area contributed by atoms with Crippen LogP contribution in [0.25, 0.3) is 0 Å². The highest BCUT2D eigenvalue weighted by Crippen LogP contribution is 2.16. The van der Waals surface area contributed by atoms with E-state index in [1.165, 1.54) is 0 Å². The van der Waals surface area contributed by atoms with E-state index in [1.54, 1.807) is 20.9 Å². The van der Waals surface area contributed by atoms with Gasteiger partial charge in [0.25, 0.3) is 0 Å². The largest absolute Gasteiger partial charge is 0.326 e. The van der Waals surface area contributed by atoms with Crippen LogP contribution in [0.4, 0.5) is 15.8 Å². The van der Waals surface area contributed by atoms with Gasteiger partial charge in [-0.1, -0.05) is 79.7 Å². The molecule has 0 saturated heterocycles. The van der Waals surface area contributed by atoms with Gasteiger partial charge in [-0.25, -0.2) is 0 Å². The Kier molecular flexibility index (Phi) is 27.9. The molecule has 8 N–H and O–H groups in total. The van der Waals surface area contributed by atoms with Crippen LogP contribution in [0.5, 0.6) is 0 Å². The molecule has 2 aromatic carbocycles. The smallest absolute Gasteiger partial charge is 0.227 e. The minimum absolute atomic E-state index is 0.0676. The standard InChI is InChI=1S/C18H29N3O2.C17H27N3O2.C4H11N.CH3F/c1-12(2)17(20-5)16(22)10-13(3)18(23)21-15-8-6-14(7-9-15)11-19-4;1-11(2)16(18)15(21)9-12(3)17(22)20-14-7-5-13(6-8-14)10-19-4;1-3-5-4-2;1-2/h6-9,12-13,17,19-20H,10-11H2,1-5H3,(H,21,23);5-8,11-12,16,19H,9-10,18H2,1-4H3,(H,20,22);5H,3-4H2,1-2H3;1H3/t13-,17?;12-,16?;;/m11../s1/i;;;1D. The van der Waals surface area contributed by atoms with E-state index in [-0.39, 0.29) is 60.0 Å². The van der Waals surface area contributed by atoms with Gasteiger partial charge in [-0.15, -0.1) is 0 Å². The average Bonchev–Trinajstić information content (AvgIpc) is 3.11. The monoisotopic (exact) mass is 733 g/mol. The number of ketones is 2. The summed E-state index contributed by atoms with van der Waals surface area (Å²) in [5, 5.41) is 18.0. The van der Waals surface area contributed by atoms with Crippen LogP contribution < -0.4 is 37.6 Å². The molecule has 0 saturated carbocycles. The van der Waals surface area contributed by atoms with E-state index in [1.807, 2.05) is 90.3 Å². The van der Waals surface area contributed by atoms with Crippen LogP contribution in [0.1, 0.15) is 80.7 Å². The number of halogens is 1. The van der Waals surface area contributed by atoms with Crippen molar-refractivity contribution in [1.82, 2.24) is 21.3 Å². The molecule has 2 rings (SSSR count). The van der Waals surface area contributed by atoms with Gasteiger partial charge in [0, 0.05) is 49.1 Å². The van der Waals surface area contributed by atoms with Crippen molar-refractivity contribution in [3.8, 4) is 0 Å². The van der Waals surface area contributed by atoms with Crippen LogP contribution >= 0.6 is 0 Å². The van der Waals surface area contributed by atoms with Gasteiger partial charge >= 0.3 is 0 Å². The lowest BCUT2D eigenvalue weighted by Crippen LogP contribution is -2.40. The lowest BCUT2D eigenvalue weighted by molar-refractivity contribution is -0.127. The summed E-state index contributed by atoms with van der Waals surface area (Å²) in [6, 6.07) is 14.6. The first-order valence-electron chi connectivity index (χ1n) is 18.9. The van der Waals surface area contributed by atoms with Gasteiger partial charge in [-0.3, -0.25) is 23.6 Å². The van der Waals surface area contributed by atoms with Gasteiger partial charge in [0.15, 0.2) is 11.6 Å². The van der Waals surface area contributed by atoms with Gasteiger partial charge < -0.3 is 37.6 Å². The molecule has 2 aromatic rings. The molecule has 296 valence electrons. The molecule has 0 aliphatic rings. The topological polar surface area (TPSA) is 166 Å². The van der Waals surface area contributed by atoms with Crippen molar-refractivity contribution in [2.24, 2.45) is 29.4 Å². The quantitative estimate of drug-likeness (QED) is 0.101. The highest BCUT2D eigenvalue weighted by atomic mass is 19.1. The lowest BCUT2D eigenvalue weighted by atomic mass is 9.93. The number of carbonyl (C=O) groups excluding carboxylic acids is 4. The Morgan fingerprint density at radius 1 is 0.673 bits per heavy atom. The first-order chi connectivity index (χ1) is 25.1. The second kappa shape index (κ2) is 30.0. The molecule has 52 heavy (non-hydrogen) atoms. The number of likely N-dealkylation sites (N-methyl/N-ethyl adjacent to an activating group) is 1. The minimum atomic E-state index is -1.00. The Labute approximate surface area is 315 Å². The van der Waals surface area contributed by atoms with Crippen molar-refractivity contribution < 1.29 is 24.9 Å². The number of amides is 2. The van der Waals surface area contributed by atoms with Gasteiger partial charge in [-0.2, -0.15) is 0 Å². The van der Waals surface area contributed by atoms with Gasteiger partial charge in [-0.05, 0) is 81.5 Å². The van der Waals surface area contributed by atoms with Crippen molar-refractivity contribution in [3.63, 3.8) is 0 Å².